The molecular formula is C13H24BCl. The Morgan fingerprint density at radius 2 is 1.53 bits per heavy atom. The Morgan fingerprint density at radius 1 is 1.07 bits per heavy atom. The van der Waals surface area contributed by atoms with Crippen molar-refractivity contribution in [2.24, 2.45) is 5.92 Å². The second-order valence-corrected chi connectivity index (χ2v) is 6.26. The van der Waals surface area contributed by atoms with Gasteiger partial charge in [0.15, 0.2) is 0 Å². The van der Waals surface area contributed by atoms with Crippen molar-refractivity contribution in [1.29, 1.82) is 0 Å². The third-order valence-electron chi connectivity index (χ3n) is 5.14. The zero-order valence-corrected chi connectivity index (χ0v) is 11.0. The molecule has 0 aromatic rings. The zero-order valence-electron chi connectivity index (χ0n) is 10.2. The van der Waals surface area contributed by atoms with Gasteiger partial charge in [-0.15, -0.1) is 11.6 Å². The van der Waals surface area contributed by atoms with Gasteiger partial charge in [0.05, 0.1) is 0 Å². The molecule has 2 saturated heterocycles. The highest BCUT2D eigenvalue weighted by Gasteiger charge is 2.42. The third kappa shape index (κ3) is 2.38. The van der Waals surface area contributed by atoms with Crippen LogP contribution in [-0.2, 0) is 0 Å². The summed E-state index contributed by atoms with van der Waals surface area (Å²) in [5, 5.41) is 0. The molecule has 2 aliphatic rings. The molecule has 2 aliphatic heterocycles. The fourth-order valence-electron chi connectivity index (χ4n) is 4.11. The maximum absolute atomic E-state index is 6.02. The van der Waals surface area contributed by atoms with Crippen LogP contribution in [0, 0.1) is 5.92 Å². The normalized spacial score (nSPS) is 35.0. The van der Waals surface area contributed by atoms with Gasteiger partial charge in [-0.05, 0) is 5.92 Å². The lowest BCUT2D eigenvalue weighted by Crippen LogP contribution is -2.39. The van der Waals surface area contributed by atoms with E-state index < -0.39 is 0 Å². The van der Waals surface area contributed by atoms with Crippen LogP contribution in [0.3, 0.4) is 0 Å². The van der Waals surface area contributed by atoms with E-state index in [1.165, 1.54) is 38.5 Å². The number of alkyl halides is 1. The highest BCUT2D eigenvalue weighted by Crippen LogP contribution is 2.51. The summed E-state index contributed by atoms with van der Waals surface area (Å²) in [6.07, 6.45) is 8.99. The predicted molar refractivity (Wildman–Crippen MR) is 70.3 cm³/mol. The SMILES string of the molecule is C[C@H](CCl)[C@@H](C)B1C2CCCC1CCC2. The summed E-state index contributed by atoms with van der Waals surface area (Å²) in [6.45, 7) is 5.79. The first-order valence-electron chi connectivity index (χ1n) is 6.80. The van der Waals surface area contributed by atoms with E-state index in [1.807, 2.05) is 0 Å². The zero-order chi connectivity index (χ0) is 10.8. The number of hydrogen-bond acceptors (Lipinski definition) is 0. The first-order valence-corrected chi connectivity index (χ1v) is 7.33. The van der Waals surface area contributed by atoms with E-state index in [4.69, 9.17) is 11.6 Å². The van der Waals surface area contributed by atoms with Crippen molar-refractivity contribution < 1.29 is 0 Å². The summed E-state index contributed by atoms with van der Waals surface area (Å²) in [4.78, 5) is 0. The number of hydrogen-bond donors (Lipinski definition) is 0. The Labute approximate surface area is 100 Å². The molecule has 0 spiro atoms. The largest absolute Gasteiger partial charge is 0.149 e. The van der Waals surface area contributed by atoms with Crippen molar-refractivity contribution in [1.82, 2.24) is 0 Å². The molecule has 2 heterocycles. The molecule has 0 aromatic carbocycles. The van der Waals surface area contributed by atoms with Crippen molar-refractivity contribution in [3.63, 3.8) is 0 Å². The molecule has 2 bridgehead atoms. The highest BCUT2D eigenvalue weighted by atomic mass is 35.5. The summed E-state index contributed by atoms with van der Waals surface area (Å²) < 4.78 is 0. The van der Waals surface area contributed by atoms with Crippen molar-refractivity contribution in [2.75, 3.05) is 5.88 Å². The minimum absolute atomic E-state index is 0.706. The second-order valence-electron chi connectivity index (χ2n) is 5.95. The molecule has 0 N–H and O–H groups in total. The Hall–Kier alpha value is 0.355. The van der Waals surface area contributed by atoms with E-state index in [0.29, 0.717) is 5.92 Å². The molecule has 2 rings (SSSR count). The fourth-order valence-corrected chi connectivity index (χ4v) is 4.39. The maximum atomic E-state index is 6.02. The molecule has 0 aromatic heterocycles. The molecule has 2 fully saturated rings. The van der Waals surface area contributed by atoms with E-state index in [-0.39, 0.29) is 0 Å². The highest BCUT2D eigenvalue weighted by molar-refractivity contribution is 6.64. The first-order chi connectivity index (χ1) is 7.24. The summed E-state index contributed by atoms with van der Waals surface area (Å²) >= 11 is 6.02. The molecule has 0 unspecified atom stereocenters. The van der Waals surface area contributed by atoms with Crippen molar-refractivity contribution in [3.05, 3.63) is 0 Å². The molecule has 0 amide bonds. The number of halogens is 1. The van der Waals surface area contributed by atoms with Crippen molar-refractivity contribution in [2.45, 2.75) is 69.8 Å². The van der Waals surface area contributed by atoms with Crippen LogP contribution in [0.5, 0.6) is 0 Å². The summed E-state index contributed by atoms with van der Waals surface area (Å²) in [6, 6.07) is 0. The quantitative estimate of drug-likeness (QED) is 0.476. The summed E-state index contributed by atoms with van der Waals surface area (Å²) in [5.74, 6) is 4.48. The van der Waals surface area contributed by atoms with Crippen LogP contribution < -0.4 is 0 Å². The Kier molecular flexibility index (Phi) is 4.04. The smallest absolute Gasteiger partial charge is 0.126 e. The topological polar surface area (TPSA) is 0 Å². The van der Waals surface area contributed by atoms with Gasteiger partial charge in [-0.1, -0.05) is 69.8 Å². The van der Waals surface area contributed by atoms with E-state index in [2.05, 4.69) is 13.8 Å². The molecular weight excluding hydrogens is 202 g/mol. The molecule has 2 heteroatoms. The summed E-state index contributed by atoms with van der Waals surface area (Å²) in [7, 11) is 0. The van der Waals surface area contributed by atoms with Gasteiger partial charge in [0.2, 0.25) is 0 Å². The fraction of sp³-hybridized carbons (Fsp3) is 1.00. The van der Waals surface area contributed by atoms with Crippen molar-refractivity contribution >= 4 is 18.3 Å². The van der Waals surface area contributed by atoms with Gasteiger partial charge in [0.25, 0.3) is 0 Å². The second kappa shape index (κ2) is 5.12. The lowest BCUT2D eigenvalue weighted by atomic mass is 9.21. The van der Waals surface area contributed by atoms with Crippen LogP contribution >= 0.6 is 11.6 Å². The molecule has 0 radical (unpaired) electrons. The first kappa shape index (κ1) is 11.8. The van der Waals surface area contributed by atoms with Crippen LogP contribution in [0.25, 0.3) is 0 Å². The third-order valence-corrected chi connectivity index (χ3v) is 5.62. The van der Waals surface area contributed by atoms with Crippen LogP contribution in [0.4, 0.5) is 0 Å². The molecule has 0 nitrogen and oxygen atoms in total. The van der Waals surface area contributed by atoms with Gasteiger partial charge in [-0.2, -0.15) is 0 Å². The van der Waals surface area contributed by atoms with E-state index in [0.717, 1.165) is 30.0 Å². The molecule has 86 valence electrons. The lowest BCUT2D eigenvalue weighted by Gasteiger charge is -2.44. The number of rotatable bonds is 3. The van der Waals surface area contributed by atoms with Crippen LogP contribution in [0.15, 0.2) is 0 Å². The Bertz CT molecular complexity index is 185. The standard InChI is InChI=1S/C13H24BCl/c1-10(9-15)11(2)14-12-5-3-6-13(14)8-4-7-12/h10-13H,3-9H2,1-2H3/t10-,11-,12?,13?/m1/s1. The summed E-state index contributed by atoms with van der Waals surface area (Å²) in [5.41, 5.74) is 0. The average molecular weight is 227 g/mol. The molecule has 0 aliphatic carbocycles. The molecule has 15 heavy (non-hydrogen) atoms. The van der Waals surface area contributed by atoms with E-state index >= 15 is 0 Å². The maximum Gasteiger partial charge on any atom is 0.149 e. The van der Waals surface area contributed by atoms with Crippen LogP contribution in [-0.4, -0.2) is 12.6 Å². The van der Waals surface area contributed by atoms with Gasteiger partial charge in [-0.3, -0.25) is 0 Å². The minimum Gasteiger partial charge on any atom is -0.126 e. The van der Waals surface area contributed by atoms with Gasteiger partial charge >= 0.3 is 0 Å². The van der Waals surface area contributed by atoms with Gasteiger partial charge in [0.1, 0.15) is 6.71 Å². The Morgan fingerprint density at radius 3 is 1.93 bits per heavy atom. The minimum atomic E-state index is 0.706. The van der Waals surface area contributed by atoms with Gasteiger partial charge < -0.3 is 0 Å². The van der Waals surface area contributed by atoms with Gasteiger partial charge in [0, 0.05) is 5.88 Å². The monoisotopic (exact) mass is 226 g/mol. The molecule has 0 saturated carbocycles. The van der Waals surface area contributed by atoms with Crippen molar-refractivity contribution in [3.8, 4) is 0 Å². The van der Waals surface area contributed by atoms with E-state index in [1.54, 1.807) is 0 Å². The predicted octanol–water partition coefficient (Wildman–Crippen LogP) is 4.85. The van der Waals surface area contributed by atoms with Gasteiger partial charge in [-0.25, -0.2) is 0 Å². The molecule has 2 atom stereocenters. The number of fused-ring (bicyclic) bond motifs is 2. The van der Waals surface area contributed by atoms with E-state index in [9.17, 15) is 0 Å². The van der Waals surface area contributed by atoms with Crippen LogP contribution in [0.2, 0.25) is 17.5 Å². The average Bonchev–Trinajstić information content (AvgIpc) is 2.26. The lowest BCUT2D eigenvalue weighted by molar-refractivity contribution is 0.424. The van der Waals surface area contributed by atoms with Crippen LogP contribution in [0.1, 0.15) is 52.4 Å². The Balaban J connectivity index is 2.05.